The molecule has 31 heavy (non-hydrogen) atoms. The molecule has 0 bridgehead atoms. The first-order valence-electron chi connectivity index (χ1n) is 10.6. The largest absolute Gasteiger partial charge is 0.494 e. The van der Waals surface area contributed by atoms with E-state index in [-0.39, 0.29) is 5.91 Å². The number of ether oxygens (including phenoxy) is 1. The summed E-state index contributed by atoms with van der Waals surface area (Å²) in [4.78, 5) is 22.7. The molecule has 0 spiro atoms. The first kappa shape index (κ1) is 19.4. The van der Waals surface area contributed by atoms with Crippen LogP contribution in [0.15, 0.2) is 53.1 Å². The molecule has 158 valence electrons. The van der Waals surface area contributed by atoms with E-state index in [1.807, 2.05) is 48.2 Å². The van der Waals surface area contributed by atoms with Gasteiger partial charge in [0.2, 0.25) is 17.6 Å². The molecule has 2 aromatic heterocycles. The summed E-state index contributed by atoms with van der Waals surface area (Å²) in [5.74, 6) is 1.91. The van der Waals surface area contributed by atoms with Gasteiger partial charge in [-0.05, 0) is 37.3 Å². The number of carbonyl (C=O) groups excluding carboxylic acids is 1. The lowest BCUT2D eigenvalue weighted by Crippen LogP contribution is -2.35. The molecule has 1 aliphatic heterocycles. The topological polar surface area (TPSA) is 84.3 Å². The second-order valence-electron chi connectivity index (χ2n) is 7.66. The van der Waals surface area contributed by atoms with Gasteiger partial charge in [0.15, 0.2) is 0 Å². The third kappa shape index (κ3) is 3.91. The van der Waals surface area contributed by atoms with E-state index < -0.39 is 0 Å². The number of rotatable bonds is 6. The zero-order valence-electron chi connectivity index (χ0n) is 17.4. The van der Waals surface area contributed by atoms with Crippen molar-refractivity contribution in [2.75, 3.05) is 13.2 Å². The van der Waals surface area contributed by atoms with Crippen LogP contribution in [0.25, 0.3) is 22.3 Å². The Kier molecular flexibility index (Phi) is 5.16. The van der Waals surface area contributed by atoms with Gasteiger partial charge in [0.25, 0.3) is 0 Å². The van der Waals surface area contributed by atoms with Gasteiger partial charge in [-0.25, -0.2) is 0 Å². The molecule has 0 saturated heterocycles. The molecule has 2 aromatic carbocycles. The van der Waals surface area contributed by atoms with Gasteiger partial charge in [-0.2, -0.15) is 4.98 Å². The maximum atomic E-state index is 12.8. The molecule has 1 N–H and O–H groups in total. The van der Waals surface area contributed by atoms with E-state index in [4.69, 9.17) is 9.26 Å². The summed E-state index contributed by atoms with van der Waals surface area (Å²) in [6.45, 7) is 3.93. The van der Waals surface area contributed by atoms with Crippen LogP contribution in [-0.4, -0.2) is 39.1 Å². The number of amides is 1. The number of H-pyrrole nitrogens is 1. The summed E-state index contributed by atoms with van der Waals surface area (Å²) in [5.41, 5.74) is 4.45. The van der Waals surface area contributed by atoms with Gasteiger partial charge in [-0.3, -0.25) is 4.79 Å². The van der Waals surface area contributed by atoms with Gasteiger partial charge < -0.3 is 19.1 Å². The average molecular weight is 416 g/mol. The standard InChI is InChI=1S/C24H24N4O3/c1-2-30-17-9-7-16(8-10-17)24-26-22(31-27-24)11-12-23(29)28-14-13-21-19(15-28)18-5-3-4-6-20(18)25-21/h3-10,25H,2,11-15H2,1H3. The maximum Gasteiger partial charge on any atom is 0.227 e. The van der Waals surface area contributed by atoms with Crippen LogP contribution >= 0.6 is 0 Å². The van der Waals surface area contributed by atoms with Gasteiger partial charge >= 0.3 is 0 Å². The van der Waals surface area contributed by atoms with Crippen molar-refractivity contribution >= 4 is 16.8 Å². The lowest BCUT2D eigenvalue weighted by atomic mass is 10.0. The zero-order chi connectivity index (χ0) is 21.2. The molecule has 0 fully saturated rings. The number of aromatic nitrogens is 3. The fraction of sp³-hybridized carbons (Fsp3) is 0.292. The molecule has 1 aliphatic rings. The van der Waals surface area contributed by atoms with Gasteiger partial charge in [0.1, 0.15) is 5.75 Å². The Balaban J connectivity index is 1.21. The first-order valence-corrected chi connectivity index (χ1v) is 10.6. The number of aromatic amines is 1. The summed E-state index contributed by atoms with van der Waals surface area (Å²) in [6.07, 6.45) is 1.63. The Morgan fingerprint density at radius 2 is 2.03 bits per heavy atom. The van der Waals surface area contributed by atoms with Gasteiger partial charge in [0.05, 0.1) is 6.61 Å². The minimum absolute atomic E-state index is 0.108. The molecule has 7 heteroatoms. The zero-order valence-corrected chi connectivity index (χ0v) is 17.4. The average Bonchev–Trinajstić information content (AvgIpc) is 3.42. The number of hydrogen-bond donors (Lipinski definition) is 1. The highest BCUT2D eigenvalue weighted by Crippen LogP contribution is 2.28. The van der Waals surface area contributed by atoms with Gasteiger partial charge in [-0.15, -0.1) is 0 Å². The Bertz CT molecular complexity index is 1210. The number of para-hydroxylation sites is 1. The number of aryl methyl sites for hydroxylation is 1. The van der Waals surface area contributed by atoms with E-state index in [1.165, 1.54) is 16.6 Å². The fourth-order valence-electron chi connectivity index (χ4n) is 4.09. The van der Waals surface area contributed by atoms with Crippen molar-refractivity contribution in [2.24, 2.45) is 0 Å². The highest BCUT2D eigenvalue weighted by Gasteiger charge is 2.24. The normalized spacial score (nSPS) is 13.4. The Hall–Kier alpha value is -3.61. The molecule has 3 heterocycles. The summed E-state index contributed by atoms with van der Waals surface area (Å²) in [7, 11) is 0. The quantitative estimate of drug-likeness (QED) is 0.511. The molecular formula is C24H24N4O3. The molecule has 0 atom stereocenters. The number of nitrogens with zero attached hydrogens (tertiary/aromatic N) is 3. The summed E-state index contributed by atoms with van der Waals surface area (Å²) < 4.78 is 10.8. The lowest BCUT2D eigenvalue weighted by molar-refractivity contribution is -0.132. The highest BCUT2D eigenvalue weighted by molar-refractivity contribution is 5.86. The Morgan fingerprint density at radius 3 is 2.87 bits per heavy atom. The predicted molar refractivity (Wildman–Crippen MR) is 117 cm³/mol. The van der Waals surface area contributed by atoms with Crippen LogP contribution in [0.5, 0.6) is 5.75 Å². The minimum atomic E-state index is 0.108. The molecular weight excluding hydrogens is 392 g/mol. The summed E-state index contributed by atoms with van der Waals surface area (Å²) in [5, 5.41) is 5.25. The van der Waals surface area contributed by atoms with Crippen LogP contribution in [0.2, 0.25) is 0 Å². The summed E-state index contributed by atoms with van der Waals surface area (Å²) >= 11 is 0. The third-order valence-corrected chi connectivity index (χ3v) is 5.68. The van der Waals surface area contributed by atoms with Crippen LogP contribution in [0, 0.1) is 0 Å². The molecule has 7 nitrogen and oxygen atoms in total. The molecule has 0 radical (unpaired) electrons. The van der Waals surface area contributed by atoms with Crippen molar-refractivity contribution in [1.82, 2.24) is 20.0 Å². The van der Waals surface area contributed by atoms with Crippen LogP contribution in [0.1, 0.15) is 30.5 Å². The van der Waals surface area contributed by atoms with E-state index in [0.29, 0.717) is 37.7 Å². The van der Waals surface area contributed by atoms with Gasteiger partial charge in [0, 0.05) is 60.1 Å². The molecule has 4 aromatic rings. The van der Waals surface area contributed by atoms with Gasteiger partial charge in [-0.1, -0.05) is 23.4 Å². The van der Waals surface area contributed by atoms with Crippen molar-refractivity contribution in [1.29, 1.82) is 0 Å². The number of hydrogen-bond acceptors (Lipinski definition) is 5. The monoisotopic (exact) mass is 416 g/mol. The maximum absolute atomic E-state index is 12.8. The van der Waals surface area contributed by atoms with E-state index in [9.17, 15) is 4.79 Å². The summed E-state index contributed by atoms with van der Waals surface area (Å²) in [6, 6.07) is 15.8. The minimum Gasteiger partial charge on any atom is -0.494 e. The van der Waals surface area contributed by atoms with Crippen molar-refractivity contribution in [3.8, 4) is 17.1 Å². The second kappa shape index (κ2) is 8.26. The lowest BCUT2D eigenvalue weighted by Gasteiger charge is -2.27. The van der Waals surface area contributed by atoms with E-state index in [0.717, 1.165) is 29.8 Å². The Labute approximate surface area is 180 Å². The van der Waals surface area contributed by atoms with Crippen molar-refractivity contribution in [3.05, 3.63) is 65.7 Å². The van der Waals surface area contributed by atoms with Crippen molar-refractivity contribution in [3.63, 3.8) is 0 Å². The SMILES string of the molecule is CCOc1ccc(-c2noc(CCC(=O)N3CCc4[nH]c5ccccc5c4C3)n2)cc1. The number of fused-ring (bicyclic) bond motifs is 3. The highest BCUT2D eigenvalue weighted by atomic mass is 16.5. The Morgan fingerprint density at radius 1 is 1.19 bits per heavy atom. The number of carbonyl (C=O) groups is 1. The second-order valence-corrected chi connectivity index (χ2v) is 7.66. The smallest absolute Gasteiger partial charge is 0.227 e. The first-order chi connectivity index (χ1) is 15.2. The van der Waals surface area contributed by atoms with Crippen LogP contribution in [0.4, 0.5) is 0 Å². The molecule has 1 amide bonds. The number of benzene rings is 2. The van der Waals surface area contributed by atoms with Crippen molar-refractivity contribution < 1.29 is 14.1 Å². The molecule has 0 saturated carbocycles. The van der Waals surface area contributed by atoms with E-state index >= 15 is 0 Å². The van der Waals surface area contributed by atoms with E-state index in [1.54, 1.807) is 0 Å². The van der Waals surface area contributed by atoms with Crippen molar-refractivity contribution in [2.45, 2.75) is 32.7 Å². The van der Waals surface area contributed by atoms with Crippen LogP contribution in [-0.2, 0) is 24.2 Å². The molecule has 5 rings (SSSR count). The van der Waals surface area contributed by atoms with E-state index in [2.05, 4.69) is 27.3 Å². The predicted octanol–water partition coefficient (Wildman–Crippen LogP) is 4.13. The van der Waals surface area contributed by atoms with Crippen LogP contribution < -0.4 is 4.74 Å². The number of nitrogens with one attached hydrogen (secondary N) is 1. The molecule has 0 aliphatic carbocycles. The fourth-order valence-corrected chi connectivity index (χ4v) is 4.09. The molecule has 0 unspecified atom stereocenters. The van der Waals surface area contributed by atoms with Crippen LogP contribution in [0.3, 0.4) is 0 Å². The third-order valence-electron chi connectivity index (χ3n) is 5.68.